The lowest BCUT2D eigenvalue weighted by Crippen LogP contribution is -2.38. The number of hydrogen-bond acceptors (Lipinski definition) is 2. The van der Waals surface area contributed by atoms with E-state index in [2.05, 4.69) is 0 Å². The molecule has 1 unspecified atom stereocenters. The van der Waals surface area contributed by atoms with E-state index in [1.807, 2.05) is 6.92 Å². The van der Waals surface area contributed by atoms with Gasteiger partial charge in [-0.15, -0.1) is 0 Å². The van der Waals surface area contributed by atoms with Crippen LogP contribution in [0.4, 0.5) is 14.5 Å². The van der Waals surface area contributed by atoms with Crippen LogP contribution in [0, 0.1) is 11.6 Å². The first-order chi connectivity index (χ1) is 6.59. The van der Waals surface area contributed by atoms with Crippen molar-refractivity contribution in [1.29, 1.82) is 0 Å². The van der Waals surface area contributed by atoms with Crippen LogP contribution < -0.4 is 9.64 Å². The Balaban J connectivity index is 2.54. The predicted molar refractivity (Wildman–Crippen MR) is 49.7 cm³/mol. The molecule has 0 bridgehead atoms. The van der Waals surface area contributed by atoms with E-state index in [9.17, 15) is 8.78 Å². The zero-order chi connectivity index (χ0) is 10.3. The molecule has 0 saturated carbocycles. The maximum absolute atomic E-state index is 13.4. The molecular formula is C10H11F2NO. The zero-order valence-electron chi connectivity index (χ0n) is 8.05. The van der Waals surface area contributed by atoms with Crippen LogP contribution in [0.3, 0.4) is 0 Å². The highest BCUT2D eigenvalue weighted by Crippen LogP contribution is 2.35. The van der Waals surface area contributed by atoms with Crippen LogP contribution in [0.2, 0.25) is 0 Å². The molecule has 0 saturated heterocycles. The summed E-state index contributed by atoms with van der Waals surface area (Å²) in [5.41, 5.74) is 0.338. The number of nitrogens with zero attached hydrogens (tertiary/aromatic N) is 1. The van der Waals surface area contributed by atoms with Crippen LogP contribution in [0.1, 0.15) is 6.92 Å². The molecule has 1 aromatic rings. The van der Waals surface area contributed by atoms with Crippen molar-refractivity contribution in [2.75, 3.05) is 18.6 Å². The molecule has 1 aromatic carbocycles. The maximum atomic E-state index is 13.4. The Hall–Kier alpha value is -1.32. The second-order valence-corrected chi connectivity index (χ2v) is 3.51. The summed E-state index contributed by atoms with van der Waals surface area (Å²) in [5, 5.41) is 0. The van der Waals surface area contributed by atoms with E-state index in [1.165, 1.54) is 6.07 Å². The molecule has 1 heterocycles. The Bertz CT molecular complexity index is 367. The molecule has 14 heavy (non-hydrogen) atoms. The largest absolute Gasteiger partial charge is 0.489 e. The molecule has 0 fully saturated rings. The standard InChI is InChI=1S/C10H11F2NO/c1-6-5-14-9-4-7(11)3-8(12)10(9)13(6)2/h3-4,6H,5H2,1-2H3. The van der Waals surface area contributed by atoms with Crippen LogP contribution in [0.5, 0.6) is 5.75 Å². The summed E-state index contributed by atoms with van der Waals surface area (Å²) in [6.07, 6.45) is 0. The second kappa shape index (κ2) is 3.12. The monoisotopic (exact) mass is 199 g/mol. The molecular weight excluding hydrogens is 188 g/mol. The fraction of sp³-hybridized carbons (Fsp3) is 0.400. The Morgan fingerprint density at radius 1 is 1.43 bits per heavy atom. The highest BCUT2D eigenvalue weighted by Gasteiger charge is 2.25. The van der Waals surface area contributed by atoms with Gasteiger partial charge in [0, 0.05) is 19.2 Å². The molecule has 4 heteroatoms. The van der Waals surface area contributed by atoms with Crippen LogP contribution in [-0.2, 0) is 0 Å². The SMILES string of the molecule is CC1COc2cc(F)cc(F)c2N1C. The van der Waals surface area contributed by atoms with Crippen molar-refractivity contribution < 1.29 is 13.5 Å². The van der Waals surface area contributed by atoms with Crippen molar-refractivity contribution in [3.63, 3.8) is 0 Å². The van der Waals surface area contributed by atoms with E-state index in [-0.39, 0.29) is 11.8 Å². The lowest BCUT2D eigenvalue weighted by Gasteiger charge is -2.33. The van der Waals surface area contributed by atoms with Gasteiger partial charge < -0.3 is 9.64 Å². The summed E-state index contributed by atoms with van der Waals surface area (Å²) >= 11 is 0. The molecule has 0 spiro atoms. The topological polar surface area (TPSA) is 12.5 Å². The molecule has 1 aliphatic rings. The summed E-state index contributed by atoms with van der Waals surface area (Å²) < 4.78 is 31.5. The van der Waals surface area contributed by atoms with E-state index in [1.54, 1.807) is 11.9 Å². The Kier molecular flexibility index (Phi) is 2.06. The molecule has 1 aliphatic heterocycles. The van der Waals surface area contributed by atoms with Crippen molar-refractivity contribution in [3.05, 3.63) is 23.8 Å². The minimum atomic E-state index is -0.607. The summed E-state index contributed by atoms with van der Waals surface area (Å²) in [5.74, 6) is -0.902. The average Bonchev–Trinajstić information content (AvgIpc) is 2.10. The number of rotatable bonds is 0. The molecule has 0 aliphatic carbocycles. The first-order valence-corrected chi connectivity index (χ1v) is 4.44. The number of likely N-dealkylation sites (N-methyl/N-ethyl adjacent to an activating group) is 1. The third kappa shape index (κ3) is 1.31. The third-order valence-corrected chi connectivity index (χ3v) is 2.49. The van der Waals surface area contributed by atoms with Gasteiger partial charge in [0.1, 0.15) is 23.9 Å². The van der Waals surface area contributed by atoms with Gasteiger partial charge >= 0.3 is 0 Å². The number of anilines is 1. The van der Waals surface area contributed by atoms with E-state index in [0.29, 0.717) is 12.3 Å². The minimum Gasteiger partial charge on any atom is -0.489 e. The number of ether oxygens (including phenoxy) is 1. The highest BCUT2D eigenvalue weighted by molar-refractivity contribution is 5.61. The minimum absolute atomic E-state index is 0.0995. The Morgan fingerprint density at radius 3 is 2.86 bits per heavy atom. The number of halogens is 2. The molecule has 0 amide bonds. The number of benzene rings is 1. The van der Waals surface area contributed by atoms with Crippen molar-refractivity contribution >= 4 is 5.69 Å². The van der Waals surface area contributed by atoms with Crippen molar-refractivity contribution in [2.24, 2.45) is 0 Å². The van der Waals surface area contributed by atoms with Crippen molar-refractivity contribution in [3.8, 4) is 5.75 Å². The maximum Gasteiger partial charge on any atom is 0.153 e. The van der Waals surface area contributed by atoms with Gasteiger partial charge in [0.15, 0.2) is 5.82 Å². The average molecular weight is 199 g/mol. The van der Waals surface area contributed by atoms with E-state index in [0.717, 1.165) is 6.07 Å². The summed E-state index contributed by atoms with van der Waals surface area (Å²) in [6, 6.07) is 2.18. The van der Waals surface area contributed by atoms with Crippen molar-refractivity contribution in [1.82, 2.24) is 0 Å². The fourth-order valence-corrected chi connectivity index (χ4v) is 1.54. The number of hydrogen-bond donors (Lipinski definition) is 0. The highest BCUT2D eigenvalue weighted by atomic mass is 19.1. The molecule has 0 radical (unpaired) electrons. The molecule has 0 N–H and O–H groups in total. The van der Waals surface area contributed by atoms with Gasteiger partial charge in [0.2, 0.25) is 0 Å². The first kappa shape index (κ1) is 9.24. The normalized spacial score (nSPS) is 20.3. The lowest BCUT2D eigenvalue weighted by atomic mass is 10.2. The van der Waals surface area contributed by atoms with Crippen LogP contribution in [0.15, 0.2) is 12.1 Å². The van der Waals surface area contributed by atoms with Gasteiger partial charge in [-0.3, -0.25) is 0 Å². The molecule has 1 atom stereocenters. The van der Waals surface area contributed by atoms with E-state index in [4.69, 9.17) is 4.74 Å². The molecule has 2 rings (SSSR count). The summed E-state index contributed by atoms with van der Waals surface area (Å²) in [4.78, 5) is 1.76. The lowest BCUT2D eigenvalue weighted by molar-refractivity contribution is 0.270. The van der Waals surface area contributed by atoms with Gasteiger partial charge in [-0.25, -0.2) is 8.78 Å². The zero-order valence-corrected chi connectivity index (χ0v) is 8.05. The van der Waals surface area contributed by atoms with Gasteiger partial charge in [-0.2, -0.15) is 0 Å². The van der Waals surface area contributed by atoms with Crippen LogP contribution in [0.25, 0.3) is 0 Å². The van der Waals surface area contributed by atoms with Gasteiger partial charge in [-0.1, -0.05) is 0 Å². The Labute approximate surface area is 81.1 Å². The predicted octanol–water partition coefficient (Wildman–Crippen LogP) is 2.18. The summed E-state index contributed by atoms with van der Waals surface area (Å²) in [7, 11) is 1.77. The second-order valence-electron chi connectivity index (χ2n) is 3.51. The first-order valence-electron chi connectivity index (χ1n) is 4.44. The van der Waals surface area contributed by atoms with E-state index >= 15 is 0 Å². The van der Waals surface area contributed by atoms with Crippen LogP contribution >= 0.6 is 0 Å². The van der Waals surface area contributed by atoms with Crippen molar-refractivity contribution in [2.45, 2.75) is 13.0 Å². The molecule has 2 nitrogen and oxygen atoms in total. The third-order valence-electron chi connectivity index (χ3n) is 2.49. The molecule has 76 valence electrons. The van der Waals surface area contributed by atoms with Crippen LogP contribution in [-0.4, -0.2) is 19.7 Å². The van der Waals surface area contributed by atoms with Gasteiger partial charge in [0.25, 0.3) is 0 Å². The number of fused-ring (bicyclic) bond motifs is 1. The van der Waals surface area contributed by atoms with E-state index < -0.39 is 11.6 Å². The van der Waals surface area contributed by atoms with Gasteiger partial charge in [-0.05, 0) is 6.92 Å². The fourth-order valence-electron chi connectivity index (χ4n) is 1.54. The molecule has 0 aromatic heterocycles. The summed E-state index contributed by atoms with van der Waals surface area (Å²) in [6.45, 7) is 2.37. The Morgan fingerprint density at radius 2 is 2.14 bits per heavy atom. The smallest absolute Gasteiger partial charge is 0.153 e. The quantitative estimate of drug-likeness (QED) is 0.635. The van der Waals surface area contributed by atoms with Gasteiger partial charge in [0.05, 0.1) is 6.04 Å².